The minimum atomic E-state index is -0.386. The summed E-state index contributed by atoms with van der Waals surface area (Å²) in [6.45, 7) is 1.56. The van der Waals surface area contributed by atoms with Gasteiger partial charge in [0.15, 0.2) is 6.61 Å². The molecule has 0 unspecified atom stereocenters. The van der Waals surface area contributed by atoms with E-state index in [0.29, 0.717) is 5.69 Å². The number of benzene rings is 1. The predicted molar refractivity (Wildman–Crippen MR) is 95.0 cm³/mol. The van der Waals surface area contributed by atoms with Gasteiger partial charge in [0.05, 0.1) is 12.5 Å². The van der Waals surface area contributed by atoms with Crippen LogP contribution in [0.3, 0.4) is 0 Å². The van der Waals surface area contributed by atoms with Gasteiger partial charge in [-0.2, -0.15) is 0 Å². The quantitative estimate of drug-likeness (QED) is 0.803. The molecule has 0 radical (unpaired) electrons. The van der Waals surface area contributed by atoms with Crippen LogP contribution in [0.4, 0.5) is 5.69 Å². The molecule has 6 heteroatoms. The molecule has 1 N–H and O–H groups in total. The Hall–Kier alpha value is -2.37. The number of anilines is 1. The number of carbonyl (C=O) groups is 3. The highest BCUT2D eigenvalue weighted by atomic mass is 16.5. The van der Waals surface area contributed by atoms with Gasteiger partial charge >= 0.3 is 5.97 Å². The molecule has 0 atom stereocenters. The van der Waals surface area contributed by atoms with Crippen molar-refractivity contribution in [1.82, 2.24) is 4.90 Å². The lowest BCUT2D eigenvalue weighted by Crippen LogP contribution is -2.38. The second-order valence-electron chi connectivity index (χ2n) is 6.61. The van der Waals surface area contributed by atoms with Crippen molar-refractivity contribution >= 4 is 23.5 Å². The maximum Gasteiger partial charge on any atom is 0.309 e. The van der Waals surface area contributed by atoms with E-state index in [9.17, 15) is 14.4 Å². The van der Waals surface area contributed by atoms with Crippen LogP contribution in [-0.4, -0.2) is 42.9 Å². The first kappa shape index (κ1) is 19.0. The maximum absolute atomic E-state index is 12.0. The molecule has 0 heterocycles. The fourth-order valence-electron chi connectivity index (χ4n) is 2.84. The van der Waals surface area contributed by atoms with Crippen LogP contribution in [0.25, 0.3) is 0 Å². The third kappa shape index (κ3) is 6.21. The largest absolute Gasteiger partial charge is 0.455 e. The minimum absolute atomic E-state index is 0.0864. The molecule has 1 saturated carbocycles. The first-order valence-corrected chi connectivity index (χ1v) is 8.73. The summed E-state index contributed by atoms with van der Waals surface area (Å²) in [4.78, 5) is 37.2. The summed E-state index contributed by atoms with van der Waals surface area (Å²) < 4.78 is 5.12. The molecule has 0 bridgehead atoms. The number of likely N-dealkylation sites (N-methyl/N-ethyl adjacent to an activating group) is 1. The molecule has 0 aliphatic heterocycles. The molecule has 1 aromatic carbocycles. The Labute approximate surface area is 148 Å². The number of aryl methyl sites for hydroxylation is 1. The van der Waals surface area contributed by atoms with E-state index in [2.05, 4.69) is 5.32 Å². The van der Waals surface area contributed by atoms with Crippen LogP contribution >= 0.6 is 0 Å². The molecule has 0 aromatic heterocycles. The number of amides is 2. The Morgan fingerprint density at radius 2 is 1.76 bits per heavy atom. The number of esters is 1. The van der Waals surface area contributed by atoms with Gasteiger partial charge in [0, 0.05) is 12.7 Å². The standard InChI is InChI=1S/C19H26N2O4/c1-14-8-10-16(11-9-14)20-17(22)12-21(2)18(23)13-25-19(24)15-6-4-3-5-7-15/h8-11,15H,3-7,12-13H2,1-2H3,(H,20,22). The number of hydrogen-bond acceptors (Lipinski definition) is 4. The van der Waals surface area contributed by atoms with Crippen molar-refractivity contribution in [2.45, 2.75) is 39.0 Å². The Kier molecular flexibility index (Phi) is 6.98. The molecule has 6 nitrogen and oxygen atoms in total. The highest BCUT2D eigenvalue weighted by Gasteiger charge is 2.24. The smallest absolute Gasteiger partial charge is 0.309 e. The lowest BCUT2D eigenvalue weighted by molar-refractivity contribution is -0.156. The molecule has 1 aromatic rings. The number of nitrogens with zero attached hydrogens (tertiary/aromatic N) is 1. The Balaban J connectivity index is 1.72. The Bertz CT molecular complexity index is 606. The molecular formula is C19H26N2O4. The van der Waals surface area contributed by atoms with Gasteiger partial charge in [-0.05, 0) is 31.9 Å². The van der Waals surface area contributed by atoms with Crippen LogP contribution in [0.1, 0.15) is 37.7 Å². The van der Waals surface area contributed by atoms with Crippen molar-refractivity contribution in [3.05, 3.63) is 29.8 Å². The molecule has 2 rings (SSSR count). The zero-order valence-electron chi connectivity index (χ0n) is 14.9. The van der Waals surface area contributed by atoms with Gasteiger partial charge in [0.1, 0.15) is 0 Å². The zero-order chi connectivity index (χ0) is 18.2. The van der Waals surface area contributed by atoms with Crippen molar-refractivity contribution in [1.29, 1.82) is 0 Å². The van der Waals surface area contributed by atoms with Crippen LogP contribution < -0.4 is 5.32 Å². The van der Waals surface area contributed by atoms with Gasteiger partial charge in [-0.1, -0.05) is 37.0 Å². The summed E-state index contributed by atoms with van der Waals surface area (Å²) in [5, 5.41) is 2.73. The molecule has 2 amide bonds. The molecular weight excluding hydrogens is 320 g/mol. The van der Waals surface area contributed by atoms with E-state index in [1.807, 2.05) is 19.1 Å². The van der Waals surface area contributed by atoms with E-state index >= 15 is 0 Å². The SMILES string of the molecule is Cc1ccc(NC(=O)CN(C)C(=O)COC(=O)C2CCCCC2)cc1. The summed E-state index contributed by atoms with van der Waals surface area (Å²) >= 11 is 0. The van der Waals surface area contributed by atoms with Gasteiger partial charge < -0.3 is 15.0 Å². The van der Waals surface area contributed by atoms with Gasteiger partial charge in [-0.25, -0.2) is 0 Å². The van der Waals surface area contributed by atoms with Crippen LogP contribution in [0.15, 0.2) is 24.3 Å². The van der Waals surface area contributed by atoms with Crippen molar-refractivity contribution < 1.29 is 19.1 Å². The second kappa shape index (κ2) is 9.20. The van der Waals surface area contributed by atoms with E-state index in [1.165, 1.54) is 11.9 Å². The first-order chi connectivity index (χ1) is 12.0. The van der Waals surface area contributed by atoms with Crippen molar-refractivity contribution in [2.75, 3.05) is 25.5 Å². The number of rotatable bonds is 6. The van der Waals surface area contributed by atoms with Crippen LogP contribution in [-0.2, 0) is 19.1 Å². The number of nitrogens with one attached hydrogen (secondary N) is 1. The fraction of sp³-hybridized carbons (Fsp3) is 0.526. The van der Waals surface area contributed by atoms with E-state index in [4.69, 9.17) is 4.74 Å². The molecule has 1 aliphatic carbocycles. The van der Waals surface area contributed by atoms with Crippen LogP contribution in [0.2, 0.25) is 0 Å². The normalized spacial score (nSPS) is 14.6. The average molecular weight is 346 g/mol. The maximum atomic E-state index is 12.0. The Morgan fingerprint density at radius 1 is 1.12 bits per heavy atom. The highest BCUT2D eigenvalue weighted by Crippen LogP contribution is 2.24. The lowest BCUT2D eigenvalue weighted by atomic mass is 9.89. The number of hydrogen-bond donors (Lipinski definition) is 1. The van der Waals surface area contributed by atoms with Crippen molar-refractivity contribution in [3.63, 3.8) is 0 Å². The predicted octanol–water partition coefficient (Wildman–Crippen LogP) is 2.52. The van der Waals surface area contributed by atoms with E-state index in [0.717, 1.165) is 37.7 Å². The summed E-state index contributed by atoms with van der Waals surface area (Å²) in [6, 6.07) is 7.41. The summed E-state index contributed by atoms with van der Waals surface area (Å²) in [5.41, 5.74) is 1.78. The molecule has 0 spiro atoms. The molecule has 0 saturated heterocycles. The van der Waals surface area contributed by atoms with E-state index in [-0.39, 0.29) is 36.9 Å². The summed E-state index contributed by atoms with van der Waals surface area (Å²) in [6.07, 6.45) is 4.89. The molecule has 1 aliphatic rings. The van der Waals surface area contributed by atoms with Gasteiger partial charge in [-0.3, -0.25) is 14.4 Å². The van der Waals surface area contributed by atoms with Gasteiger partial charge in [0.25, 0.3) is 5.91 Å². The molecule has 1 fully saturated rings. The molecule has 136 valence electrons. The third-order valence-corrected chi connectivity index (χ3v) is 4.42. The number of carbonyl (C=O) groups excluding carboxylic acids is 3. The first-order valence-electron chi connectivity index (χ1n) is 8.73. The highest BCUT2D eigenvalue weighted by molar-refractivity contribution is 5.94. The monoisotopic (exact) mass is 346 g/mol. The number of ether oxygens (including phenoxy) is 1. The zero-order valence-corrected chi connectivity index (χ0v) is 14.9. The fourth-order valence-corrected chi connectivity index (χ4v) is 2.84. The Morgan fingerprint density at radius 3 is 2.40 bits per heavy atom. The summed E-state index contributed by atoms with van der Waals surface area (Å²) in [5.74, 6) is -1.07. The minimum Gasteiger partial charge on any atom is -0.455 e. The van der Waals surface area contributed by atoms with Crippen LogP contribution in [0, 0.1) is 12.8 Å². The van der Waals surface area contributed by atoms with Gasteiger partial charge in [-0.15, -0.1) is 0 Å². The van der Waals surface area contributed by atoms with E-state index in [1.54, 1.807) is 12.1 Å². The van der Waals surface area contributed by atoms with Crippen molar-refractivity contribution in [2.24, 2.45) is 5.92 Å². The van der Waals surface area contributed by atoms with Gasteiger partial charge in [0.2, 0.25) is 5.91 Å². The average Bonchev–Trinajstić information content (AvgIpc) is 2.62. The van der Waals surface area contributed by atoms with E-state index < -0.39 is 0 Å². The summed E-state index contributed by atoms with van der Waals surface area (Å²) in [7, 11) is 1.52. The topological polar surface area (TPSA) is 75.7 Å². The lowest BCUT2D eigenvalue weighted by Gasteiger charge is -2.21. The third-order valence-electron chi connectivity index (χ3n) is 4.42. The second-order valence-corrected chi connectivity index (χ2v) is 6.61. The molecule has 25 heavy (non-hydrogen) atoms. The van der Waals surface area contributed by atoms with Crippen LogP contribution in [0.5, 0.6) is 0 Å². The van der Waals surface area contributed by atoms with Crippen molar-refractivity contribution in [3.8, 4) is 0 Å².